The van der Waals surface area contributed by atoms with Gasteiger partial charge < -0.3 is 15.0 Å². The predicted molar refractivity (Wildman–Crippen MR) is 101 cm³/mol. The van der Waals surface area contributed by atoms with E-state index >= 15 is 0 Å². The van der Waals surface area contributed by atoms with E-state index in [1.54, 1.807) is 11.0 Å². The Balaban J connectivity index is 1.81. The molecule has 1 saturated heterocycles. The Morgan fingerprint density at radius 3 is 2.39 bits per heavy atom. The van der Waals surface area contributed by atoms with E-state index in [4.69, 9.17) is 4.74 Å². The number of nitro groups is 1. The number of benzene rings is 1. The Morgan fingerprint density at radius 1 is 1.21 bits per heavy atom. The summed E-state index contributed by atoms with van der Waals surface area (Å²) in [6, 6.07) is 5.72. The lowest BCUT2D eigenvalue weighted by Crippen LogP contribution is -2.45. The number of likely N-dealkylation sites (tertiary alicyclic amines) is 1. The molecular weight excluding hydrogens is 366 g/mol. The first-order valence-corrected chi connectivity index (χ1v) is 9.09. The van der Waals surface area contributed by atoms with Gasteiger partial charge in [0.25, 0.3) is 11.6 Å². The quantitative estimate of drug-likeness (QED) is 0.467. The lowest BCUT2D eigenvalue weighted by molar-refractivity contribution is -0.383. The van der Waals surface area contributed by atoms with Crippen molar-refractivity contribution >= 4 is 29.2 Å². The summed E-state index contributed by atoms with van der Waals surface area (Å²) in [5.41, 5.74) is -0.661. The van der Waals surface area contributed by atoms with Crippen LogP contribution in [0.15, 0.2) is 24.3 Å². The summed E-state index contributed by atoms with van der Waals surface area (Å²) >= 11 is 0. The second-order valence-corrected chi connectivity index (χ2v) is 7.75. The largest absolute Gasteiger partial charge is 0.455 e. The number of rotatable bonds is 5. The third-order valence-corrected chi connectivity index (χ3v) is 4.48. The Bertz CT molecular complexity index is 763. The van der Waals surface area contributed by atoms with Crippen LogP contribution in [-0.2, 0) is 19.1 Å². The molecule has 9 heteroatoms. The maximum atomic E-state index is 12.3. The normalized spacial score (nSPS) is 15.0. The molecule has 0 aromatic heterocycles. The minimum atomic E-state index is -0.650. The summed E-state index contributed by atoms with van der Waals surface area (Å²) in [5.74, 6) is -1.48. The van der Waals surface area contributed by atoms with E-state index < -0.39 is 28.8 Å². The van der Waals surface area contributed by atoms with Crippen molar-refractivity contribution in [3.05, 3.63) is 34.4 Å². The van der Waals surface area contributed by atoms with Crippen molar-refractivity contribution in [3.63, 3.8) is 0 Å². The number of piperidine rings is 1. The number of anilines is 1. The van der Waals surface area contributed by atoms with Crippen molar-refractivity contribution in [1.29, 1.82) is 0 Å². The smallest absolute Gasteiger partial charge is 0.309 e. The van der Waals surface area contributed by atoms with E-state index in [9.17, 15) is 24.5 Å². The van der Waals surface area contributed by atoms with Gasteiger partial charge in [-0.1, -0.05) is 32.9 Å². The highest BCUT2D eigenvalue weighted by molar-refractivity contribution is 5.94. The molecule has 1 N–H and O–H groups in total. The molecule has 0 atom stereocenters. The highest BCUT2D eigenvalue weighted by atomic mass is 16.6. The van der Waals surface area contributed by atoms with Gasteiger partial charge >= 0.3 is 5.97 Å². The Morgan fingerprint density at radius 2 is 1.82 bits per heavy atom. The molecule has 1 aliphatic heterocycles. The molecule has 152 valence electrons. The molecule has 0 spiro atoms. The molecule has 0 unspecified atom stereocenters. The van der Waals surface area contributed by atoms with E-state index in [0.717, 1.165) is 0 Å². The number of esters is 1. The van der Waals surface area contributed by atoms with Crippen molar-refractivity contribution in [2.45, 2.75) is 33.6 Å². The molecule has 1 aliphatic rings. The van der Waals surface area contributed by atoms with Gasteiger partial charge in [0.2, 0.25) is 5.91 Å². The molecule has 9 nitrogen and oxygen atoms in total. The number of amides is 2. The lowest BCUT2D eigenvalue weighted by atomic mass is 9.91. The zero-order valence-corrected chi connectivity index (χ0v) is 16.3. The summed E-state index contributed by atoms with van der Waals surface area (Å²) < 4.78 is 5.05. The molecule has 0 aliphatic carbocycles. The molecular formula is C19H25N3O6. The van der Waals surface area contributed by atoms with E-state index in [1.165, 1.54) is 18.2 Å². The maximum absolute atomic E-state index is 12.3. The van der Waals surface area contributed by atoms with Gasteiger partial charge in [0, 0.05) is 24.6 Å². The number of hydrogen-bond acceptors (Lipinski definition) is 6. The first-order chi connectivity index (χ1) is 13.1. The molecule has 28 heavy (non-hydrogen) atoms. The minimum Gasteiger partial charge on any atom is -0.455 e. The van der Waals surface area contributed by atoms with E-state index in [-0.39, 0.29) is 23.2 Å². The van der Waals surface area contributed by atoms with Gasteiger partial charge in [0.1, 0.15) is 5.69 Å². The predicted octanol–water partition coefficient (Wildman–Crippen LogP) is 2.36. The van der Waals surface area contributed by atoms with Crippen molar-refractivity contribution in [2.75, 3.05) is 25.0 Å². The van der Waals surface area contributed by atoms with Crippen molar-refractivity contribution in [2.24, 2.45) is 11.3 Å². The van der Waals surface area contributed by atoms with Gasteiger partial charge in [-0.25, -0.2) is 0 Å². The van der Waals surface area contributed by atoms with Crippen LogP contribution in [0.2, 0.25) is 0 Å². The molecule has 1 aromatic rings. The number of nitrogens with one attached hydrogen (secondary N) is 1. The number of carbonyl (C=O) groups is 3. The fourth-order valence-electron chi connectivity index (χ4n) is 2.97. The number of carbonyl (C=O) groups excluding carboxylic acids is 3. The van der Waals surface area contributed by atoms with Gasteiger partial charge in [-0.2, -0.15) is 0 Å². The molecule has 1 fully saturated rings. The van der Waals surface area contributed by atoms with Crippen LogP contribution in [0.5, 0.6) is 0 Å². The van der Waals surface area contributed by atoms with Crippen molar-refractivity contribution in [1.82, 2.24) is 4.90 Å². The first kappa shape index (κ1) is 21.3. The van der Waals surface area contributed by atoms with Gasteiger partial charge in [0.15, 0.2) is 6.61 Å². The number of ether oxygens (including phenoxy) is 1. The minimum absolute atomic E-state index is 0.0440. The third kappa shape index (κ3) is 5.51. The topological polar surface area (TPSA) is 119 Å². The Hall–Kier alpha value is -2.97. The van der Waals surface area contributed by atoms with Gasteiger partial charge in [-0.3, -0.25) is 24.5 Å². The van der Waals surface area contributed by atoms with Crippen LogP contribution >= 0.6 is 0 Å². The van der Waals surface area contributed by atoms with Crippen LogP contribution in [0, 0.1) is 21.4 Å². The maximum Gasteiger partial charge on any atom is 0.309 e. The van der Waals surface area contributed by atoms with Gasteiger partial charge in [-0.05, 0) is 18.9 Å². The second kappa shape index (κ2) is 8.81. The van der Waals surface area contributed by atoms with Crippen molar-refractivity contribution in [3.8, 4) is 0 Å². The second-order valence-electron chi connectivity index (χ2n) is 7.75. The van der Waals surface area contributed by atoms with Crippen LogP contribution in [0.4, 0.5) is 11.4 Å². The number of nitro benzene ring substituents is 1. The summed E-state index contributed by atoms with van der Waals surface area (Å²) in [6.07, 6.45) is 0.957. The zero-order chi connectivity index (χ0) is 20.9. The fourth-order valence-corrected chi connectivity index (χ4v) is 2.97. The average molecular weight is 391 g/mol. The van der Waals surface area contributed by atoms with Gasteiger partial charge in [0.05, 0.1) is 10.8 Å². The number of hydrogen-bond donors (Lipinski definition) is 1. The van der Waals surface area contributed by atoms with Gasteiger partial charge in [-0.15, -0.1) is 0 Å². The fraction of sp³-hybridized carbons (Fsp3) is 0.526. The molecule has 1 aromatic carbocycles. The molecule has 2 rings (SSSR count). The highest BCUT2D eigenvalue weighted by Crippen LogP contribution is 2.25. The van der Waals surface area contributed by atoms with Crippen LogP contribution < -0.4 is 5.32 Å². The standard InChI is InChI=1S/C19H25N3O6/c1-19(2,3)18(25)21-10-8-13(9-11-21)17(24)28-12-16(23)20-14-6-4-5-7-15(14)22(26)27/h4-7,13H,8-12H2,1-3H3,(H,20,23). The lowest BCUT2D eigenvalue weighted by Gasteiger charge is -2.34. The zero-order valence-electron chi connectivity index (χ0n) is 16.3. The SMILES string of the molecule is CC(C)(C)C(=O)N1CCC(C(=O)OCC(=O)Nc2ccccc2[N+](=O)[O-])CC1. The number of nitrogens with zero attached hydrogens (tertiary/aromatic N) is 2. The Kier molecular flexibility index (Phi) is 6.71. The molecule has 2 amide bonds. The first-order valence-electron chi connectivity index (χ1n) is 9.09. The highest BCUT2D eigenvalue weighted by Gasteiger charge is 2.33. The van der Waals surface area contributed by atoms with Crippen LogP contribution in [0.1, 0.15) is 33.6 Å². The third-order valence-electron chi connectivity index (χ3n) is 4.48. The van der Waals surface area contributed by atoms with Crippen LogP contribution in [0.25, 0.3) is 0 Å². The Labute approximate surface area is 163 Å². The van der Waals surface area contributed by atoms with Crippen LogP contribution in [0.3, 0.4) is 0 Å². The van der Waals surface area contributed by atoms with E-state index in [2.05, 4.69) is 5.32 Å². The summed E-state index contributed by atoms with van der Waals surface area (Å²) in [7, 11) is 0. The monoisotopic (exact) mass is 391 g/mol. The molecule has 1 heterocycles. The molecule has 0 saturated carbocycles. The summed E-state index contributed by atoms with van der Waals surface area (Å²) in [4.78, 5) is 48.5. The summed E-state index contributed by atoms with van der Waals surface area (Å²) in [6.45, 7) is 5.98. The number of para-hydroxylation sites is 2. The molecule has 0 radical (unpaired) electrons. The average Bonchev–Trinajstić information content (AvgIpc) is 2.65. The van der Waals surface area contributed by atoms with Crippen molar-refractivity contribution < 1.29 is 24.0 Å². The summed E-state index contributed by atoms with van der Waals surface area (Å²) in [5, 5.41) is 13.3. The molecule has 0 bridgehead atoms. The van der Waals surface area contributed by atoms with Crippen LogP contribution in [-0.4, -0.2) is 47.3 Å². The van der Waals surface area contributed by atoms with E-state index in [1.807, 2.05) is 20.8 Å². The van der Waals surface area contributed by atoms with E-state index in [0.29, 0.717) is 25.9 Å².